The third kappa shape index (κ3) is 31.6. The minimum atomic E-state index is -3.68. The number of quaternary nitrogens is 1. The Bertz CT molecular complexity index is 571. The van der Waals surface area contributed by atoms with Crippen molar-refractivity contribution in [2.24, 2.45) is 0 Å². The third-order valence-corrected chi connectivity index (χ3v) is 9.69. The van der Waals surface area contributed by atoms with Crippen molar-refractivity contribution in [1.82, 2.24) is 0 Å². The molecule has 1 atom stereocenters. The molecule has 0 amide bonds. The van der Waals surface area contributed by atoms with Crippen molar-refractivity contribution >= 4 is 8.80 Å². The predicted octanol–water partition coefficient (Wildman–Crippen LogP) is 5.45. The minimum absolute atomic E-state index is 0.00282. The molecule has 0 rings (SSSR count). The van der Waals surface area contributed by atoms with Gasteiger partial charge in [-0.15, -0.1) is 0 Å². The van der Waals surface area contributed by atoms with E-state index in [2.05, 4.69) is 21.0 Å². The minimum Gasteiger partial charge on any atom is -0.396 e. The third-order valence-electron chi connectivity index (χ3n) is 8.02. The van der Waals surface area contributed by atoms with E-state index in [4.69, 9.17) is 28.8 Å². The van der Waals surface area contributed by atoms with Crippen LogP contribution in [-0.2, 0) is 18.6 Å². The molecule has 0 aliphatic heterocycles. The highest BCUT2D eigenvalue weighted by Gasteiger charge is 2.32. The van der Waals surface area contributed by atoms with Gasteiger partial charge in [0.25, 0.3) is 0 Å². The second kappa shape index (κ2) is 30.5. The normalized spacial score (nSPS) is 13.2. The fourth-order valence-electron chi connectivity index (χ4n) is 5.29. The Hall–Kier alpha value is -0.143. The summed E-state index contributed by atoms with van der Waals surface area (Å²) < 4.78 is 22.6. The number of ether oxygens (including phenoxy) is 3. The summed E-state index contributed by atoms with van der Waals surface area (Å²) >= 11 is 0. The van der Waals surface area contributed by atoms with E-state index in [1.807, 2.05) is 0 Å². The van der Waals surface area contributed by atoms with Crippen LogP contribution < -0.4 is 0 Å². The average molecular weight is 639 g/mol. The molecule has 0 saturated carbocycles. The molecule has 0 aliphatic carbocycles. The van der Waals surface area contributed by atoms with Crippen molar-refractivity contribution in [3.63, 3.8) is 0 Å². The van der Waals surface area contributed by atoms with Crippen molar-refractivity contribution < 1.29 is 42.9 Å². The van der Waals surface area contributed by atoms with Crippen LogP contribution in [0.2, 0.25) is 6.04 Å². The summed E-state index contributed by atoms with van der Waals surface area (Å²) in [5.74, 6) is 0. The van der Waals surface area contributed by atoms with Gasteiger partial charge >= 0.3 is 8.80 Å². The van der Waals surface area contributed by atoms with Gasteiger partial charge in [0.15, 0.2) is 0 Å². The first-order valence-corrected chi connectivity index (χ1v) is 19.7. The van der Waals surface area contributed by atoms with E-state index in [9.17, 15) is 9.59 Å². The summed E-state index contributed by atoms with van der Waals surface area (Å²) in [5, 5.41) is 17.9. The molecule has 1 unspecified atom stereocenters. The topological polar surface area (TPSA) is 118 Å². The Morgan fingerprint density at radius 3 is 1.63 bits per heavy atom. The Morgan fingerprint density at radius 2 is 1.09 bits per heavy atom. The zero-order valence-electron chi connectivity index (χ0n) is 28.5. The largest absolute Gasteiger partial charge is 0.495 e. The first kappa shape index (κ1) is 42.9. The lowest BCUT2D eigenvalue weighted by Crippen LogP contribution is -2.44. The summed E-state index contributed by atoms with van der Waals surface area (Å²) in [4.78, 5) is 20.6. The highest BCUT2D eigenvalue weighted by molar-refractivity contribution is 6.57. The average Bonchev–Trinajstić information content (AvgIpc) is 2.96. The van der Waals surface area contributed by atoms with Gasteiger partial charge in [-0.2, -0.15) is 0 Å². The molecule has 0 radical (unpaired) electrons. The molecule has 43 heavy (non-hydrogen) atoms. The van der Waals surface area contributed by atoms with E-state index < -0.39 is 8.80 Å². The summed E-state index contributed by atoms with van der Waals surface area (Å²) in [6, 6.07) is 0.299. The van der Waals surface area contributed by atoms with Crippen LogP contribution >= 0.6 is 0 Å². The van der Waals surface area contributed by atoms with E-state index in [1.165, 1.54) is 103 Å². The SMILES string of the molecule is CCCCCCCCCCCCCCCCCC[N+](C)(C)CCC[Si](O)(O)OCCOCCOC(CCO)COCCO. The number of nitrogens with zero attached hydrogens (tertiary/aromatic N) is 1. The maximum atomic E-state index is 10.3. The van der Waals surface area contributed by atoms with Crippen molar-refractivity contribution in [3.05, 3.63) is 0 Å². The number of aliphatic hydroxyl groups is 2. The number of hydrogen-bond donors (Lipinski definition) is 4. The van der Waals surface area contributed by atoms with Gasteiger partial charge in [-0.05, 0) is 19.3 Å². The van der Waals surface area contributed by atoms with Crippen LogP contribution in [0.15, 0.2) is 0 Å². The van der Waals surface area contributed by atoms with Crippen LogP contribution in [0.5, 0.6) is 0 Å². The Balaban J connectivity index is 3.65. The molecule has 0 fully saturated rings. The molecule has 0 aliphatic rings. The lowest BCUT2D eigenvalue weighted by molar-refractivity contribution is -0.890. The molecule has 9 nitrogen and oxygen atoms in total. The molecule has 0 saturated heterocycles. The van der Waals surface area contributed by atoms with Gasteiger partial charge in [0.2, 0.25) is 0 Å². The highest BCUT2D eigenvalue weighted by Crippen LogP contribution is 2.15. The molecule has 4 N–H and O–H groups in total. The second-order valence-electron chi connectivity index (χ2n) is 12.8. The summed E-state index contributed by atoms with van der Waals surface area (Å²) in [5.41, 5.74) is 0. The van der Waals surface area contributed by atoms with Crippen molar-refractivity contribution in [3.8, 4) is 0 Å². The lowest BCUT2D eigenvalue weighted by atomic mass is 10.0. The lowest BCUT2D eigenvalue weighted by Gasteiger charge is -2.30. The van der Waals surface area contributed by atoms with Crippen LogP contribution in [0.25, 0.3) is 0 Å². The molecule has 260 valence electrons. The van der Waals surface area contributed by atoms with Crippen molar-refractivity contribution in [1.29, 1.82) is 0 Å². The first-order chi connectivity index (χ1) is 20.8. The van der Waals surface area contributed by atoms with Gasteiger partial charge in [-0.1, -0.05) is 96.8 Å². The maximum absolute atomic E-state index is 10.3. The Labute approximate surface area is 266 Å². The fraction of sp³-hybridized carbons (Fsp3) is 1.00. The van der Waals surface area contributed by atoms with Crippen LogP contribution in [-0.4, -0.2) is 119 Å². The zero-order valence-corrected chi connectivity index (χ0v) is 29.5. The van der Waals surface area contributed by atoms with Gasteiger partial charge < -0.3 is 42.9 Å². The number of aliphatic hydroxyl groups excluding tert-OH is 2. The molecular weight excluding hydrogens is 566 g/mol. The molecule has 10 heteroatoms. The fourth-order valence-corrected chi connectivity index (χ4v) is 6.46. The van der Waals surface area contributed by atoms with E-state index >= 15 is 0 Å². The molecule has 0 spiro atoms. The van der Waals surface area contributed by atoms with Gasteiger partial charge in [0.1, 0.15) is 0 Å². The molecule has 0 bridgehead atoms. The monoisotopic (exact) mass is 639 g/mol. The maximum Gasteiger partial charge on any atom is 0.495 e. The Kier molecular flexibility index (Phi) is 30.4. The zero-order chi connectivity index (χ0) is 31.9. The molecular formula is C33H72NO8Si+. The highest BCUT2D eigenvalue weighted by atomic mass is 28.4. The molecule has 0 heterocycles. The van der Waals surface area contributed by atoms with Gasteiger partial charge in [-0.25, -0.2) is 0 Å². The molecule has 0 aromatic carbocycles. The predicted molar refractivity (Wildman–Crippen MR) is 177 cm³/mol. The standard InChI is InChI=1S/C33H72NO8Si/c1-4-5-6-7-8-9-10-11-12-13-14-15-16-17-18-19-22-34(2,3)23-20-31-43(37,38)42-30-28-39-27-29-41-33(21-24-35)32-40-26-25-36/h33,35-38H,4-32H2,1-3H3/q+1. The van der Waals surface area contributed by atoms with E-state index in [-0.39, 0.29) is 39.1 Å². The van der Waals surface area contributed by atoms with Crippen molar-refractivity contribution in [2.75, 3.05) is 80.0 Å². The van der Waals surface area contributed by atoms with Crippen LogP contribution in [0, 0.1) is 0 Å². The van der Waals surface area contributed by atoms with E-state index in [0.717, 1.165) is 24.0 Å². The summed E-state index contributed by atoms with van der Waals surface area (Å²) in [6.07, 6.45) is 23.0. The van der Waals surface area contributed by atoms with Gasteiger partial charge in [0.05, 0.1) is 79.5 Å². The Morgan fingerprint density at radius 1 is 0.581 bits per heavy atom. The van der Waals surface area contributed by atoms with Crippen LogP contribution in [0.4, 0.5) is 0 Å². The molecule has 0 aromatic rings. The smallest absolute Gasteiger partial charge is 0.396 e. The number of rotatable bonds is 35. The quantitative estimate of drug-likeness (QED) is 0.0412. The molecule has 0 aromatic heterocycles. The van der Waals surface area contributed by atoms with Crippen LogP contribution in [0.3, 0.4) is 0 Å². The summed E-state index contributed by atoms with van der Waals surface area (Å²) in [7, 11) is 0.771. The second-order valence-corrected chi connectivity index (χ2v) is 15.1. The van der Waals surface area contributed by atoms with Gasteiger partial charge in [0, 0.05) is 19.1 Å². The first-order valence-electron chi connectivity index (χ1n) is 17.7. The number of unbranched alkanes of at least 4 members (excludes halogenated alkanes) is 15. The van der Waals surface area contributed by atoms with Gasteiger partial charge in [-0.3, -0.25) is 0 Å². The van der Waals surface area contributed by atoms with Crippen molar-refractivity contribution in [2.45, 2.75) is 135 Å². The summed E-state index contributed by atoms with van der Waals surface area (Å²) in [6.45, 7) is 5.86. The van der Waals surface area contributed by atoms with E-state index in [0.29, 0.717) is 32.3 Å². The number of hydrogen-bond acceptors (Lipinski definition) is 8. The van der Waals surface area contributed by atoms with Crippen LogP contribution in [0.1, 0.15) is 122 Å². The van der Waals surface area contributed by atoms with E-state index in [1.54, 1.807) is 0 Å².